The highest BCUT2D eigenvalue weighted by Crippen LogP contribution is 2.52. The van der Waals surface area contributed by atoms with Gasteiger partial charge in [0.05, 0.1) is 0 Å². The Morgan fingerprint density at radius 1 is 0.246 bits per heavy atom. The fourth-order valence-electron chi connectivity index (χ4n) is 9.31. The Balaban J connectivity index is 1.00. The number of benzene rings is 10. The van der Waals surface area contributed by atoms with Crippen LogP contribution >= 0.6 is 0 Å². The lowest BCUT2D eigenvalue weighted by atomic mass is 9.92. The molecule has 65 heavy (non-hydrogen) atoms. The van der Waals surface area contributed by atoms with Crippen LogP contribution in [-0.4, -0.2) is 15.0 Å². The Morgan fingerprint density at radius 3 is 1.08 bits per heavy atom. The molecule has 0 unspecified atom stereocenters. The van der Waals surface area contributed by atoms with Crippen molar-refractivity contribution in [1.82, 2.24) is 15.0 Å². The lowest BCUT2D eigenvalue weighted by Gasteiger charge is -2.26. The molecule has 0 spiro atoms. The van der Waals surface area contributed by atoms with E-state index in [1.165, 1.54) is 49.7 Å². The third-order valence-corrected chi connectivity index (χ3v) is 12.5. The van der Waals surface area contributed by atoms with Gasteiger partial charge >= 0.3 is 0 Å². The molecule has 11 aromatic rings. The second-order valence-corrected chi connectivity index (χ2v) is 16.4. The molecular formula is C61H40N4. The zero-order chi connectivity index (χ0) is 43.1. The standard InChI is InChI=1S/C61H40N4/c1-5-15-41(16-6-1)43-27-33-50(34-28-43)65(51-35-29-44(30-36-51)42-17-7-2-8-18-42)52-37-31-45(32-38-52)49-39-55-53-25-13-23-46-24-14-26-54(57(46)53)58(55)56(40-49)61-63-59(47-19-9-3-10-20-47)62-60(64-61)48-21-11-4-12-22-48/h1-40H. The highest BCUT2D eigenvalue weighted by molar-refractivity contribution is 6.18. The molecule has 1 aliphatic carbocycles. The number of hydrogen-bond donors (Lipinski definition) is 0. The molecule has 0 bridgehead atoms. The van der Waals surface area contributed by atoms with E-state index in [1.54, 1.807) is 0 Å². The largest absolute Gasteiger partial charge is 0.311 e. The van der Waals surface area contributed by atoms with Crippen LogP contribution < -0.4 is 4.90 Å². The molecule has 4 nitrogen and oxygen atoms in total. The summed E-state index contributed by atoms with van der Waals surface area (Å²) in [6.07, 6.45) is 0. The zero-order valence-corrected chi connectivity index (χ0v) is 35.4. The Kier molecular flexibility index (Phi) is 9.46. The summed E-state index contributed by atoms with van der Waals surface area (Å²) in [5.41, 5.74) is 17.7. The maximum atomic E-state index is 5.26. The second-order valence-electron chi connectivity index (χ2n) is 16.4. The number of anilines is 3. The lowest BCUT2D eigenvalue weighted by Crippen LogP contribution is -2.09. The summed E-state index contributed by atoms with van der Waals surface area (Å²) in [6, 6.07) is 86.0. The van der Waals surface area contributed by atoms with Gasteiger partial charge in [-0.25, -0.2) is 15.0 Å². The van der Waals surface area contributed by atoms with Crippen molar-refractivity contribution in [2.45, 2.75) is 0 Å². The third-order valence-electron chi connectivity index (χ3n) is 12.5. The van der Waals surface area contributed by atoms with Gasteiger partial charge in [0.25, 0.3) is 0 Å². The number of rotatable bonds is 9. The second kappa shape index (κ2) is 16.2. The zero-order valence-electron chi connectivity index (χ0n) is 35.4. The molecule has 0 amide bonds. The maximum Gasteiger partial charge on any atom is 0.164 e. The Labute approximate surface area is 378 Å². The fourth-order valence-corrected chi connectivity index (χ4v) is 9.31. The van der Waals surface area contributed by atoms with Crippen LogP contribution in [-0.2, 0) is 0 Å². The molecule has 10 aromatic carbocycles. The van der Waals surface area contributed by atoms with Gasteiger partial charge in [-0.05, 0) is 109 Å². The van der Waals surface area contributed by atoms with Gasteiger partial charge in [0.1, 0.15) is 0 Å². The summed E-state index contributed by atoms with van der Waals surface area (Å²) in [7, 11) is 0. The van der Waals surface area contributed by atoms with Crippen molar-refractivity contribution < 1.29 is 0 Å². The number of fused-ring (bicyclic) bond motifs is 3. The molecule has 4 heteroatoms. The Morgan fingerprint density at radius 2 is 0.615 bits per heavy atom. The Hall–Kier alpha value is -8.73. The van der Waals surface area contributed by atoms with Crippen molar-refractivity contribution in [3.63, 3.8) is 0 Å². The van der Waals surface area contributed by atoms with E-state index < -0.39 is 0 Å². The Bertz CT molecular complexity index is 3340. The van der Waals surface area contributed by atoms with Gasteiger partial charge < -0.3 is 4.90 Å². The van der Waals surface area contributed by atoms with Crippen molar-refractivity contribution in [2.75, 3.05) is 4.90 Å². The molecule has 0 saturated carbocycles. The van der Waals surface area contributed by atoms with E-state index in [0.717, 1.165) is 50.4 Å². The minimum atomic E-state index is 0.639. The lowest BCUT2D eigenvalue weighted by molar-refractivity contribution is 1.07. The SMILES string of the molecule is c1ccc(-c2ccc(N(c3ccc(-c4ccccc4)cc3)c3ccc(-c4cc(-c5nc(-c6ccccc6)nc(-c6ccccc6)n5)c5c(c4)-c4cccc6cccc-5c46)cc3)cc2)cc1. The van der Waals surface area contributed by atoms with Gasteiger partial charge in [0.2, 0.25) is 0 Å². The monoisotopic (exact) mass is 828 g/mol. The van der Waals surface area contributed by atoms with Gasteiger partial charge in [0, 0.05) is 39.3 Å². The molecule has 304 valence electrons. The van der Waals surface area contributed by atoms with E-state index in [4.69, 9.17) is 15.0 Å². The first-order chi connectivity index (χ1) is 32.2. The average Bonchev–Trinajstić information content (AvgIpc) is 3.72. The van der Waals surface area contributed by atoms with E-state index in [0.29, 0.717) is 17.5 Å². The topological polar surface area (TPSA) is 41.9 Å². The van der Waals surface area contributed by atoms with Crippen LogP contribution in [0.2, 0.25) is 0 Å². The van der Waals surface area contributed by atoms with Gasteiger partial charge in [-0.15, -0.1) is 0 Å². The van der Waals surface area contributed by atoms with Gasteiger partial charge in [-0.3, -0.25) is 0 Å². The first-order valence-corrected chi connectivity index (χ1v) is 22.0. The van der Waals surface area contributed by atoms with Gasteiger partial charge in [-0.2, -0.15) is 0 Å². The van der Waals surface area contributed by atoms with Crippen molar-refractivity contribution >= 4 is 27.8 Å². The fraction of sp³-hybridized carbons (Fsp3) is 0. The van der Waals surface area contributed by atoms with Crippen molar-refractivity contribution in [3.8, 4) is 89.8 Å². The molecule has 0 fully saturated rings. The molecule has 1 aromatic heterocycles. The van der Waals surface area contributed by atoms with Crippen LogP contribution in [0.1, 0.15) is 0 Å². The molecule has 0 atom stereocenters. The highest BCUT2D eigenvalue weighted by Gasteiger charge is 2.27. The smallest absolute Gasteiger partial charge is 0.164 e. The molecule has 0 radical (unpaired) electrons. The van der Waals surface area contributed by atoms with Gasteiger partial charge in [0.15, 0.2) is 17.5 Å². The molecule has 0 N–H and O–H groups in total. The van der Waals surface area contributed by atoms with Crippen LogP contribution in [0, 0.1) is 0 Å². The van der Waals surface area contributed by atoms with Crippen LogP contribution in [0.3, 0.4) is 0 Å². The van der Waals surface area contributed by atoms with Crippen molar-refractivity contribution in [2.24, 2.45) is 0 Å². The summed E-state index contributed by atoms with van der Waals surface area (Å²) < 4.78 is 0. The van der Waals surface area contributed by atoms with Crippen molar-refractivity contribution in [3.05, 3.63) is 243 Å². The quantitative estimate of drug-likeness (QED) is 0.145. The maximum absolute atomic E-state index is 5.26. The third kappa shape index (κ3) is 7.04. The van der Waals surface area contributed by atoms with Crippen LogP contribution in [0.15, 0.2) is 243 Å². The predicted octanol–water partition coefficient (Wildman–Crippen LogP) is 16.1. The minimum absolute atomic E-state index is 0.639. The summed E-state index contributed by atoms with van der Waals surface area (Å²) in [4.78, 5) is 17.9. The van der Waals surface area contributed by atoms with Crippen LogP contribution in [0.5, 0.6) is 0 Å². The summed E-state index contributed by atoms with van der Waals surface area (Å²) in [6.45, 7) is 0. The molecule has 1 heterocycles. The van der Waals surface area contributed by atoms with Crippen LogP contribution in [0.4, 0.5) is 17.1 Å². The first-order valence-electron chi connectivity index (χ1n) is 22.0. The molecule has 12 rings (SSSR count). The predicted molar refractivity (Wildman–Crippen MR) is 269 cm³/mol. The summed E-state index contributed by atoms with van der Waals surface area (Å²) in [5, 5.41) is 2.47. The van der Waals surface area contributed by atoms with Crippen LogP contribution in [0.25, 0.3) is 101 Å². The highest BCUT2D eigenvalue weighted by atomic mass is 15.1. The van der Waals surface area contributed by atoms with E-state index >= 15 is 0 Å². The normalized spacial score (nSPS) is 11.4. The average molecular weight is 829 g/mol. The number of nitrogens with zero attached hydrogens (tertiary/aromatic N) is 4. The van der Waals surface area contributed by atoms with E-state index in [2.05, 4.69) is 211 Å². The summed E-state index contributed by atoms with van der Waals surface area (Å²) in [5.74, 6) is 1.92. The summed E-state index contributed by atoms with van der Waals surface area (Å²) >= 11 is 0. The molecular weight excluding hydrogens is 789 g/mol. The van der Waals surface area contributed by atoms with E-state index in [9.17, 15) is 0 Å². The molecule has 0 saturated heterocycles. The molecule has 0 aliphatic heterocycles. The number of hydrogen-bond acceptors (Lipinski definition) is 4. The number of aromatic nitrogens is 3. The molecule has 1 aliphatic rings. The first kappa shape index (κ1) is 38.0. The van der Waals surface area contributed by atoms with E-state index in [1.807, 2.05) is 36.4 Å². The van der Waals surface area contributed by atoms with Gasteiger partial charge in [-0.1, -0.05) is 194 Å². The minimum Gasteiger partial charge on any atom is -0.311 e. The van der Waals surface area contributed by atoms with E-state index in [-0.39, 0.29) is 0 Å². The van der Waals surface area contributed by atoms with Crippen molar-refractivity contribution in [1.29, 1.82) is 0 Å².